The minimum atomic E-state index is 0.0766. The van der Waals surface area contributed by atoms with Gasteiger partial charge in [-0.2, -0.15) is 5.10 Å². The summed E-state index contributed by atoms with van der Waals surface area (Å²) in [6.45, 7) is 3.84. The van der Waals surface area contributed by atoms with Gasteiger partial charge in [-0.05, 0) is 29.8 Å². The second kappa shape index (κ2) is 8.27. The van der Waals surface area contributed by atoms with Crippen molar-refractivity contribution in [2.24, 2.45) is 0 Å². The predicted molar refractivity (Wildman–Crippen MR) is 108 cm³/mol. The minimum absolute atomic E-state index is 0.0766. The molecule has 0 spiro atoms. The third-order valence-electron chi connectivity index (χ3n) is 5.08. The van der Waals surface area contributed by atoms with E-state index in [-0.39, 0.29) is 5.91 Å². The van der Waals surface area contributed by atoms with Crippen LogP contribution in [0.4, 0.5) is 0 Å². The molecule has 0 bridgehead atoms. The Morgan fingerprint density at radius 3 is 2.36 bits per heavy atom. The largest absolute Gasteiger partial charge is 0.497 e. The van der Waals surface area contributed by atoms with Crippen molar-refractivity contribution in [2.45, 2.75) is 6.67 Å². The van der Waals surface area contributed by atoms with Gasteiger partial charge in [-0.15, -0.1) is 0 Å². The number of piperazine rings is 1. The molecule has 0 aliphatic carbocycles. The van der Waals surface area contributed by atoms with Gasteiger partial charge in [0.1, 0.15) is 5.75 Å². The summed E-state index contributed by atoms with van der Waals surface area (Å²) in [5.41, 5.74) is 2.99. The van der Waals surface area contributed by atoms with Crippen LogP contribution < -0.4 is 4.74 Å². The molecule has 0 unspecified atom stereocenters. The van der Waals surface area contributed by atoms with E-state index in [4.69, 9.17) is 4.74 Å². The number of ether oxygens (including phenoxy) is 1. The van der Waals surface area contributed by atoms with E-state index in [1.54, 1.807) is 7.11 Å². The molecule has 0 atom stereocenters. The summed E-state index contributed by atoms with van der Waals surface area (Å²) < 4.78 is 7.12. The lowest BCUT2D eigenvalue weighted by Crippen LogP contribution is -2.49. The van der Waals surface area contributed by atoms with Gasteiger partial charge < -0.3 is 9.64 Å². The Balaban J connectivity index is 1.32. The van der Waals surface area contributed by atoms with E-state index < -0.39 is 0 Å². The van der Waals surface area contributed by atoms with Crippen LogP contribution in [-0.4, -0.2) is 58.8 Å². The topological polar surface area (TPSA) is 50.6 Å². The Hall–Kier alpha value is -3.12. The van der Waals surface area contributed by atoms with Gasteiger partial charge in [-0.3, -0.25) is 14.4 Å². The molecule has 2 heterocycles. The normalized spacial score (nSPS) is 14.8. The highest BCUT2D eigenvalue weighted by Crippen LogP contribution is 2.18. The minimum Gasteiger partial charge on any atom is -0.497 e. The zero-order valence-corrected chi connectivity index (χ0v) is 16.0. The van der Waals surface area contributed by atoms with E-state index in [0.29, 0.717) is 5.56 Å². The second-order valence-corrected chi connectivity index (χ2v) is 6.91. The van der Waals surface area contributed by atoms with Gasteiger partial charge >= 0.3 is 0 Å². The number of aromatic nitrogens is 2. The molecule has 0 N–H and O–H groups in total. The first-order valence-corrected chi connectivity index (χ1v) is 9.46. The smallest absolute Gasteiger partial charge is 0.253 e. The molecule has 3 aromatic rings. The summed E-state index contributed by atoms with van der Waals surface area (Å²) in [4.78, 5) is 16.9. The van der Waals surface area contributed by atoms with Crippen LogP contribution in [0.15, 0.2) is 67.0 Å². The van der Waals surface area contributed by atoms with Gasteiger partial charge in [-0.1, -0.05) is 30.3 Å². The highest BCUT2D eigenvalue weighted by molar-refractivity contribution is 5.94. The Kier molecular flexibility index (Phi) is 5.39. The molecular formula is C22H24N4O2. The number of hydrogen-bond donors (Lipinski definition) is 0. The third-order valence-corrected chi connectivity index (χ3v) is 5.08. The summed E-state index contributed by atoms with van der Waals surface area (Å²) in [6, 6.07) is 17.6. The quantitative estimate of drug-likeness (QED) is 0.687. The van der Waals surface area contributed by atoms with Crippen LogP contribution in [0.2, 0.25) is 0 Å². The molecule has 28 heavy (non-hydrogen) atoms. The second-order valence-electron chi connectivity index (χ2n) is 6.91. The summed E-state index contributed by atoms with van der Waals surface area (Å²) >= 11 is 0. The van der Waals surface area contributed by atoms with Crippen molar-refractivity contribution in [1.82, 2.24) is 19.6 Å². The summed E-state index contributed by atoms with van der Waals surface area (Å²) in [7, 11) is 1.62. The maximum atomic E-state index is 12.7. The number of carbonyl (C=O) groups excluding carboxylic acids is 1. The third kappa shape index (κ3) is 4.07. The zero-order valence-electron chi connectivity index (χ0n) is 16.0. The Morgan fingerprint density at radius 1 is 0.964 bits per heavy atom. The Bertz CT molecular complexity index is 913. The molecule has 6 heteroatoms. The molecule has 1 saturated heterocycles. The molecule has 1 fully saturated rings. The molecule has 1 aliphatic heterocycles. The lowest BCUT2D eigenvalue weighted by atomic mass is 10.1. The van der Waals surface area contributed by atoms with Gasteiger partial charge in [0, 0.05) is 43.5 Å². The van der Waals surface area contributed by atoms with Gasteiger partial charge in [0.25, 0.3) is 5.91 Å². The van der Waals surface area contributed by atoms with Crippen molar-refractivity contribution in [3.63, 3.8) is 0 Å². The first-order chi connectivity index (χ1) is 13.7. The van der Waals surface area contributed by atoms with Crippen LogP contribution in [-0.2, 0) is 6.67 Å². The number of methoxy groups -OCH3 is 1. The first-order valence-electron chi connectivity index (χ1n) is 9.46. The van der Waals surface area contributed by atoms with Crippen molar-refractivity contribution < 1.29 is 9.53 Å². The Labute approximate surface area is 164 Å². The molecule has 6 nitrogen and oxygen atoms in total. The monoisotopic (exact) mass is 376 g/mol. The average Bonchev–Trinajstić information content (AvgIpc) is 3.23. The number of hydrogen-bond acceptors (Lipinski definition) is 4. The lowest BCUT2D eigenvalue weighted by Gasteiger charge is -2.34. The van der Waals surface area contributed by atoms with Crippen LogP contribution in [0.3, 0.4) is 0 Å². The highest BCUT2D eigenvalue weighted by atomic mass is 16.5. The van der Waals surface area contributed by atoms with Crippen molar-refractivity contribution >= 4 is 5.91 Å². The van der Waals surface area contributed by atoms with Crippen LogP contribution in [0.1, 0.15) is 10.4 Å². The van der Waals surface area contributed by atoms with Crippen molar-refractivity contribution in [2.75, 3.05) is 33.3 Å². The van der Waals surface area contributed by atoms with E-state index in [9.17, 15) is 4.79 Å². The number of amides is 1. The molecule has 144 valence electrons. The number of carbonyl (C=O) groups is 1. The fourth-order valence-corrected chi connectivity index (χ4v) is 3.43. The maximum absolute atomic E-state index is 12.7. The highest BCUT2D eigenvalue weighted by Gasteiger charge is 2.22. The summed E-state index contributed by atoms with van der Waals surface area (Å²) in [5.74, 6) is 0.836. The fourth-order valence-electron chi connectivity index (χ4n) is 3.43. The van der Waals surface area contributed by atoms with E-state index in [2.05, 4.69) is 28.3 Å². The van der Waals surface area contributed by atoms with Crippen LogP contribution in [0.25, 0.3) is 11.1 Å². The molecular weight excluding hydrogens is 352 g/mol. The van der Waals surface area contributed by atoms with Gasteiger partial charge in [0.2, 0.25) is 0 Å². The fraction of sp³-hybridized carbons (Fsp3) is 0.273. The molecule has 1 aromatic heterocycles. The van der Waals surface area contributed by atoms with E-state index in [1.807, 2.05) is 58.2 Å². The maximum Gasteiger partial charge on any atom is 0.253 e. The number of rotatable bonds is 5. The summed E-state index contributed by atoms with van der Waals surface area (Å²) in [5, 5.41) is 4.49. The number of benzene rings is 2. The SMILES string of the molecule is COc1ccc(C(=O)N2CCN(Cn3cc(-c4ccccc4)cn3)CC2)cc1. The van der Waals surface area contributed by atoms with E-state index in [1.165, 1.54) is 5.56 Å². The first kappa shape index (κ1) is 18.3. The van der Waals surface area contributed by atoms with Gasteiger partial charge in [0.05, 0.1) is 20.0 Å². The van der Waals surface area contributed by atoms with Crippen LogP contribution >= 0.6 is 0 Å². The number of nitrogens with zero attached hydrogens (tertiary/aromatic N) is 4. The molecule has 1 aliphatic rings. The zero-order chi connectivity index (χ0) is 19.3. The Morgan fingerprint density at radius 2 is 1.68 bits per heavy atom. The summed E-state index contributed by atoms with van der Waals surface area (Å²) in [6.07, 6.45) is 3.98. The van der Waals surface area contributed by atoms with Crippen molar-refractivity contribution in [1.29, 1.82) is 0 Å². The van der Waals surface area contributed by atoms with E-state index in [0.717, 1.165) is 44.2 Å². The molecule has 4 rings (SSSR count). The van der Waals surface area contributed by atoms with E-state index >= 15 is 0 Å². The molecule has 2 aromatic carbocycles. The van der Waals surface area contributed by atoms with Crippen LogP contribution in [0, 0.1) is 0 Å². The predicted octanol–water partition coefficient (Wildman–Crippen LogP) is 2.97. The average molecular weight is 376 g/mol. The molecule has 0 saturated carbocycles. The van der Waals surface area contributed by atoms with Crippen molar-refractivity contribution in [3.05, 3.63) is 72.6 Å². The molecule has 1 amide bonds. The van der Waals surface area contributed by atoms with Crippen LogP contribution in [0.5, 0.6) is 5.75 Å². The standard InChI is InChI=1S/C22H24N4O2/c1-28-21-9-7-19(8-10-21)22(27)25-13-11-24(12-14-25)17-26-16-20(15-23-26)18-5-3-2-4-6-18/h2-10,15-16H,11-14,17H2,1H3. The van der Waals surface area contributed by atoms with Gasteiger partial charge in [0.15, 0.2) is 0 Å². The van der Waals surface area contributed by atoms with Crippen molar-refractivity contribution in [3.8, 4) is 16.9 Å². The van der Waals surface area contributed by atoms with Gasteiger partial charge in [-0.25, -0.2) is 0 Å². The lowest BCUT2D eigenvalue weighted by molar-refractivity contribution is 0.0586. The molecule has 0 radical (unpaired) electrons.